The first kappa shape index (κ1) is 23.5. The minimum atomic E-state index is -3.24. The molecule has 0 spiro atoms. The molecule has 1 aromatic carbocycles. The molecule has 1 saturated heterocycles. The molecule has 7 nitrogen and oxygen atoms in total. The number of aldehydes is 1. The van der Waals surface area contributed by atoms with Gasteiger partial charge in [0.2, 0.25) is 10.0 Å². The zero-order valence-corrected chi connectivity index (χ0v) is 18.9. The number of hydrogen-bond acceptors (Lipinski definition) is 6. The molecule has 2 atom stereocenters. The van der Waals surface area contributed by atoms with Crippen LogP contribution in [0.5, 0.6) is 5.75 Å². The lowest BCUT2D eigenvalue weighted by Crippen LogP contribution is -2.55. The van der Waals surface area contributed by atoms with Gasteiger partial charge in [-0.15, -0.1) is 0 Å². The summed E-state index contributed by atoms with van der Waals surface area (Å²) in [6, 6.07) is 5.39. The quantitative estimate of drug-likeness (QED) is 0.552. The zero-order chi connectivity index (χ0) is 21.6. The normalized spacial score (nSPS) is 27.5. The van der Waals surface area contributed by atoms with E-state index in [9.17, 15) is 13.2 Å². The SMILES string of the molecule is CS(=O)(=O)N[C@H]1CCCN[C@H]1COC1CCC(c2cc(Cl)ccc2OCC=O)CC1. The molecule has 30 heavy (non-hydrogen) atoms. The first-order valence-electron chi connectivity index (χ1n) is 10.5. The van der Waals surface area contributed by atoms with E-state index in [4.69, 9.17) is 21.1 Å². The third kappa shape index (κ3) is 6.92. The van der Waals surface area contributed by atoms with Crippen molar-refractivity contribution in [3.05, 3.63) is 28.8 Å². The second-order valence-corrected chi connectivity index (χ2v) is 10.4. The Labute approximate surface area is 183 Å². The first-order valence-corrected chi connectivity index (χ1v) is 12.8. The number of rotatable bonds is 9. The fourth-order valence-electron chi connectivity index (χ4n) is 4.42. The van der Waals surface area contributed by atoms with Gasteiger partial charge in [-0.25, -0.2) is 13.1 Å². The lowest BCUT2D eigenvalue weighted by molar-refractivity contribution is -0.109. The topological polar surface area (TPSA) is 93.7 Å². The number of sulfonamides is 1. The molecule has 9 heteroatoms. The highest BCUT2D eigenvalue weighted by Crippen LogP contribution is 2.39. The average Bonchev–Trinajstić information content (AvgIpc) is 2.71. The summed E-state index contributed by atoms with van der Waals surface area (Å²) in [6.07, 6.45) is 7.60. The minimum Gasteiger partial charge on any atom is -0.486 e. The lowest BCUT2D eigenvalue weighted by atomic mass is 9.82. The van der Waals surface area contributed by atoms with Crippen LogP contribution in [-0.4, -0.2) is 58.9 Å². The van der Waals surface area contributed by atoms with Crippen molar-refractivity contribution >= 4 is 27.9 Å². The van der Waals surface area contributed by atoms with Crippen molar-refractivity contribution in [2.75, 3.05) is 26.0 Å². The summed E-state index contributed by atoms with van der Waals surface area (Å²) < 4.78 is 37.7. The van der Waals surface area contributed by atoms with Crippen LogP contribution in [0.2, 0.25) is 5.02 Å². The number of benzene rings is 1. The molecule has 0 bridgehead atoms. The highest BCUT2D eigenvalue weighted by atomic mass is 35.5. The van der Waals surface area contributed by atoms with Crippen LogP contribution in [0.25, 0.3) is 0 Å². The van der Waals surface area contributed by atoms with Gasteiger partial charge in [0.05, 0.1) is 19.0 Å². The summed E-state index contributed by atoms with van der Waals surface area (Å²) in [5.74, 6) is 1.04. The van der Waals surface area contributed by atoms with Gasteiger partial charge >= 0.3 is 0 Å². The van der Waals surface area contributed by atoms with Crippen LogP contribution in [0.1, 0.15) is 50.0 Å². The number of nitrogens with one attached hydrogen (secondary N) is 2. The van der Waals surface area contributed by atoms with E-state index in [1.54, 1.807) is 6.07 Å². The summed E-state index contributed by atoms with van der Waals surface area (Å²) in [5.41, 5.74) is 1.05. The Morgan fingerprint density at radius 2 is 2.00 bits per heavy atom. The number of ether oxygens (including phenoxy) is 2. The lowest BCUT2D eigenvalue weighted by Gasteiger charge is -2.35. The van der Waals surface area contributed by atoms with Crippen molar-refractivity contribution in [1.82, 2.24) is 10.0 Å². The maximum atomic E-state index is 11.6. The monoisotopic (exact) mass is 458 g/mol. The summed E-state index contributed by atoms with van der Waals surface area (Å²) >= 11 is 6.19. The molecule has 1 aliphatic carbocycles. The largest absolute Gasteiger partial charge is 0.486 e. The number of piperidine rings is 1. The number of carbonyl (C=O) groups is 1. The van der Waals surface area contributed by atoms with Gasteiger partial charge < -0.3 is 14.8 Å². The third-order valence-corrected chi connectivity index (χ3v) is 6.82. The molecule has 0 aromatic heterocycles. The highest BCUT2D eigenvalue weighted by Gasteiger charge is 2.30. The standard InChI is InChI=1S/C21H31ClN2O5S/c1-30(26,27)24-19-3-2-10-23-20(19)14-29-17-7-4-15(5-8-17)18-13-16(22)6-9-21(18)28-12-11-25/h6,9,11,13,15,17,19-20,23-24H,2-5,7-8,10,12,14H2,1H3/t15?,17?,19-,20-/m0/s1. The van der Waals surface area contributed by atoms with Crippen molar-refractivity contribution < 1.29 is 22.7 Å². The van der Waals surface area contributed by atoms with Crippen LogP contribution in [-0.2, 0) is 19.6 Å². The summed E-state index contributed by atoms with van der Waals surface area (Å²) in [4.78, 5) is 10.7. The molecule has 3 rings (SSSR count). The molecule has 0 amide bonds. The van der Waals surface area contributed by atoms with Crippen LogP contribution in [0.4, 0.5) is 0 Å². The minimum absolute atomic E-state index is 0.0116. The molecule has 2 fully saturated rings. The molecule has 0 radical (unpaired) electrons. The Bertz CT molecular complexity index is 812. The van der Waals surface area contributed by atoms with E-state index < -0.39 is 10.0 Å². The Kier molecular flexibility index (Phi) is 8.53. The zero-order valence-electron chi connectivity index (χ0n) is 17.3. The Balaban J connectivity index is 1.52. The molecule has 2 N–H and O–H groups in total. The van der Waals surface area contributed by atoms with Crippen molar-refractivity contribution in [1.29, 1.82) is 0 Å². The van der Waals surface area contributed by atoms with E-state index in [0.29, 0.717) is 17.5 Å². The second-order valence-electron chi connectivity index (χ2n) is 8.17. The summed E-state index contributed by atoms with van der Waals surface area (Å²) in [7, 11) is -3.24. The summed E-state index contributed by atoms with van der Waals surface area (Å²) in [5, 5.41) is 4.05. The van der Waals surface area contributed by atoms with Crippen molar-refractivity contribution in [2.45, 2.75) is 62.6 Å². The van der Waals surface area contributed by atoms with Crippen LogP contribution in [0.15, 0.2) is 18.2 Å². The number of hydrogen-bond donors (Lipinski definition) is 2. The second kappa shape index (κ2) is 10.9. The van der Waals surface area contributed by atoms with Gasteiger partial charge in [0, 0.05) is 17.1 Å². The molecule has 1 saturated carbocycles. The highest BCUT2D eigenvalue weighted by molar-refractivity contribution is 7.88. The molecule has 1 aromatic rings. The third-order valence-electron chi connectivity index (χ3n) is 5.85. The van der Waals surface area contributed by atoms with Crippen LogP contribution >= 0.6 is 11.6 Å². The molecule has 2 aliphatic rings. The van der Waals surface area contributed by atoms with Crippen molar-refractivity contribution in [2.24, 2.45) is 0 Å². The van der Waals surface area contributed by atoms with Gasteiger partial charge in [-0.2, -0.15) is 0 Å². The molecule has 0 unspecified atom stereocenters. The van der Waals surface area contributed by atoms with E-state index in [2.05, 4.69) is 10.0 Å². The maximum absolute atomic E-state index is 11.6. The van der Waals surface area contributed by atoms with Crippen molar-refractivity contribution in [3.8, 4) is 5.75 Å². The van der Waals surface area contributed by atoms with E-state index in [1.807, 2.05) is 12.1 Å². The van der Waals surface area contributed by atoms with Crippen LogP contribution < -0.4 is 14.8 Å². The Morgan fingerprint density at radius 1 is 1.23 bits per heavy atom. The van der Waals surface area contributed by atoms with Gasteiger partial charge in [0.15, 0.2) is 6.29 Å². The average molecular weight is 459 g/mol. The van der Waals surface area contributed by atoms with Gasteiger partial charge in [0.1, 0.15) is 12.4 Å². The van der Waals surface area contributed by atoms with Gasteiger partial charge in [-0.05, 0) is 74.8 Å². The van der Waals surface area contributed by atoms with Gasteiger partial charge in [-0.1, -0.05) is 11.6 Å². The van der Waals surface area contributed by atoms with E-state index in [0.717, 1.165) is 62.7 Å². The number of carbonyl (C=O) groups excluding carboxylic acids is 1. The molecule has 168 valence electrons. The first-order chi connectivity index (χ1) is 14.4. The van der Waals surface area contributed by atoms with Crippen LogP contribution in [0, 0.1) is 0 Å². The van der Waals surface area contributed by atoms with E-state index in [1.165, 1.54) is 6.26 Å². The Morgan fingerprint density at radius 3 is 2.70 bits per heavy atom. The fraction of sp³-hybridized carbons (Fsp3) is 0.667. The van der Waals surface area contributed by atoms with E-state index in [-0.39, 0.29) is 24.8 Å². The van der Waals surface area contributed by atoms with Gasteiger partial charge in [0.25, 0.3) is 0 Å². The van der Waals surface area contributed by atoms with E-state index >= 15 is 0 Å². The van der Waals surface area contributed by atoms with Crippen LogP contribution in [0.3, 0.4) is 0 Å². The smallest absolute Gasteiger partial charge is 0.209 e. The number of halogens is 1. The maximum Gasteiger partial charge on any atom is 0.209 e. The molecule has 1 heterocycles. The molecular formula is C21H31ClN2O5S. The van der Waals surface area contributed by atoms with Crippen molar-refractivity contribution in [3.63, 3.8) is 0 Å². The fourth-order valence-corrected chi connectivity index (χ4v) is 5.43. The van der Waals surface area contributed by atoms with Gasteiger partial charge in [-0.3, -0.25) is 4.79 Å². The predicted molar refractivity (Wildman–Crippen MR) is 117 cm³/mol. The predicted octanol–water partition coefficient (Wildman–Crippen LogP) is 2.63. The molecule has 1 aliphatic heterocycles. The molecular weight excluding hydrogens is 428 g/mol. The Hall–Kier alpha value is -1.19. The summed E-state index contributed by atoms with van der Waals surface area (Å²) in [6.45, 7) is 1.40.